The van der Waals surface area contributed by atoms with E-state index in [2.05, 4.69) is 20.6 Å². The SMILES string of the molecule is O=C(Nc1nncs1)c1cn(Cc2ccccc2)nc1-c1cccs1. The number of amides is 1. The maximum Gasteiger partial charge on any atom is 0.261 e. The standard InChI is InChI=1S/C17H13N5OS2/c23-16(19-17-20-18-11-25-17)13-10-22(9-12-5-2-1-3-6-12)21-15(13)14-7-4-8-24-14/h1-8,10-11H,9H2,(H,19,20,23). The molecule has 1 amide bonds. The van der Waals surface area contributed by atoms with Crippen LogP contribution < -0.4 is 5.32 Å². The smallest absolute Gasteiger partial charge is 0.261 e. The first-order chi connectivity index (χ1) is 12.3. The van der Waals surface area contributed by atoms with E-state index in [0.29, 0.717) is 22.9 Å². The first kappa shape index (κ1) is 15.7. The number of hydrogen-bond donors (Lipinski definition) is 1. The van der Waals surface area contributed by atoms with Gasteiger partial charge in [0.25, 0.3) is 5.91 Å². The number of aromatic nitrogens is 4. The quantitative estimate of drug-likeness (QED) is 0.583. The van der Waals surface area contributed by atoms with Gasteiger partial charge in [0.15, 0.2) is 0 Å². The summed E-state index contributed by atoms with van der Waals surface area (Å²) < 4.78 is 1.79. The molecule has 3 aromatic heterocycles. The molecular formula is C17H13N5OS2. The molecule has 0 spiro atoms. The molecule has 8 heteroatoms. The van der Waals surface area contributed by atoms with Crippen LogP contribution in [0.1, 0.15) is 15.9 Å². The van der Waals surface area contributed by atoms with Crippen LogP contribution in [0.5, 0.6) is 0 Å². The van der Waals surface area contributed by atoms with Gasteiger partial charge in [-0.2, -0.15) is 5.10 Å². The minimum atomic E-state index is -0.237. The summed E-state index contributed by atoms with van der Waals surface area (Å²) in [5.74, 6) is -0.237. The molecule has 4 aromatic rings. The summed E-state index contributed by atoms with van der Waals surface area (Å²) in [6.45, 7) is 0.602. The lowest BCUT2D eigenvalue weighted by molar-refractivity contribution is 0.102. The lowest BCUT2D eigenvalue weighted by atomic mass is 10.2. The normalized spacial score (nSPS) is 10.7. The second-order valence-electron chi connectivity index (χ2n) is 5.25. The maximum absolute atomic E-state index is 12.7. The second-order valence-corrected chi connectivity index (χ2v) is 7.03. The van der Waals surface area contributed by atoms with E-state index >= 15 is 0 Å². The predicted molar refractivity (Wildman–Crippen MR) is 98.9 cm³/mol. The van der Waals surface area contributed by atoms with Crippen LogP contribution in [0.3, 0.4) is 0 Å². The van der Waals surface area contributed by atoms with Crippen molar-refractivity contribution >= 4 is 33.7 Å². The Kier molecular flexibility index (Phi) is 4.36. The van der Waals surface area contributed by atoms with Crippen LogP contribution in [0.2, 0.25) is 0 Å². The van der Waals surface area contributed by atoms with Gasteiger partial charge >= 0.3 is 0 Å². The van der Waals surface area contributed by atoms with Gasteiger partial charge in [-0.1, -0.05) is 47.7 Å². The topological polar surface area (TPSA) is 72.7 Å². The third kappa shape index (κ3) is 3.49. The van der Waals surface area contributed by atoms with Crippen LogP contribution in [0.4, 0.5) is 5.13 Å². The first-order valence-electron chi connectivity index (χ1n) is 7.52. The van der Waals surface area contributed by atoms with Gasteiger partial charge in [-0.05, 0) is 17.0 Å². The van der Waals surface area contributed by atoms with Gasteiger partial charge in [0.05, 0.1) is 17.0 Å². The number of thiophene rings is 1. The second kappa shape index (κ2) is 6.96. The van der Waals surface area contributed by atoms with E-state index in [1.807, 2.05) is 47.8 Å². The molecule has 0 bridgehead atoms. The van der Waals surface area contributed by atoms with Crippen LogP contribution in [0.25, 0.3) is 10.6 Å². The number of hydrogen-bond acceptors (Lipinski definition) is 6. The average molecular weight is 367 g/mol. The van der Waals surface area contributed by atoms with E-state index in [-0.39, 0.29) is 5.91 Å². The molecule has 0 fully saturated rings. The molecule has 25 heavy (non-hydrogen) atoms. The number of rotatable bonds is 5. The number of anilines is 1. The maximum atomic E-state index is 12.7. The largest absolute Gasteiger partial charge is 0.296 e. The van der Waals surface area contributed by atoms with E-state index in [1.165, 1.54) is 11.3 Å². The summed E-state index contributed by atoms with van der Waals surface area (Å²) in [7, 11) is 0. The Morgan fingerprint density at radius 1 is 1.12 bits per heavy atom. The van der Waals surface area contributed by atoms with Gasteiger partial charge in [0.1, 0.15) is 11.2 Å². The van der Waals surface area contributed by atoms with E-state index in [0.717, 1.165) is 10.4 Å². The molecule has 0 aliphatic rings. The monoisotopic (exact) mass is 367 g/mol. The Bertz CT molecular complexity index is 962. The Balaban J connectivity index is 1.67. The van der Waals surface area contributed by atoms with Crippen molar-refractivity contribution < 1.29 is 4.79 Å². The Morgan fingerprint density at radius 2 is 2.00 bits per heavy atom. The van der Waals surface area contributed by atoms with Crippen molar-refractivity contribution in [3.8, 4) is 10.6 Å². The zero-order valence-electron chi connectivity index (χ0n) is 13.0. The minimum absolute atomic E-state index is 0.237. The molecule has 0 atom stereocenters. The lowest BCUT2D eigenvalue weighted by Crippen LogP contribution is -2.12. The van der Waals surface area contributed by atoms with Crippen molar-refractivity contribution in [3.05, 3.63) is 70.7 Å². The number of nitrogens with one attached hydrogen (secondary N) is 1. The van der Waals surface area contributed by atoms with Crippen molar-refractivity contribution in [1.29, 1.82) is 0 Å². The average Bonchev–Trinajstić information content (AvgIpc) is 3.37. The number of carbonyl (C=O) groups excluding carboxylic acids is 1. The van der Waals surface area contributed by atoms with Gasteiger partial charge < -0.3 is 0 Å². The highest BCUT2D eigenvalue weighted by Crippen LogP contribution is 2.27. The zero-order chi connectivity index (χ0) is 17.1. The first-order valence-corrected chi connectivity index (χ1v) is 9.28. The van der Waals surface area contributed by atoms with Crippen molar-refractivity contribution in [3.63, 3.8) is 0 Å². The molecule has 6 nitrogen and oxygen atoms in total. The number of nitrogens with zero attached hydrogens (tertiary/aromatic N) is 4. The highest BCUT2D eigenvalue weighted by molar-refractivity contribution is 7.13. The Labute approximate surface area is 151 Å². The third-order valence-corrected chi connectivity index (χ3v) is 5.01. The molecular weight excluding hydrogens is 354 g/mol. The molecule has 0 unspecified atom stereocenters. The molecule has 0 saturated carbocycles. The van der Waals surface area contributed by atoms with Gasteiger partial charge in [-0.3, -0.25) is 14.8 Å². The summed E-state index contributed by atoms with van der Waals surface area (Å²) >= 11 is 2.83. The zero-order valence-corrected chi connectivity index (χ0v) is 14.6. The third-order valence-electron chi connectivity index (χ3n) is 3.53. The van der Waals surface area contributed by atoms with Crippen molar-refractivity contribution in [1.82, 2.24) is 20.0 Å². The number of benzene rings is 1. The van der Waals surface area contributed by atoms with E-state index in [1.54, 1.807) is 27.7 Å². The molecule has 1 N–H and O–H groups in total. The summed E-state index contributed by atoms with van der Waals surface area (Å²) in [5, 5.41) is 17.4. The molecule has 0 aliphatic carbocycles. The highest BCUT2D eigenvalue weighted by atomic mass is 32.1. The fourth-order valence-corrected chi connectivity index (χ4v) is 3.59. The summed E-state index contributed by atoms with van der Waals surface area (Å²) in [6.07, 6.45) is 1.78. The molecule has 0 saturated heterocycles. The summed E-state index contributed by atoms with van der Waals surface area (Å²) in [4.78, 5) is 13.6. The van der Waals surface area contributed by atoms with E-state index < -0.39 is 0 Å². The van der Waals surface area contributed by atoms with Crippen molar-refractivity contribution in [2.45, 2.75) is 6.54 Å². The van der Waals surface area contributed by atoms with Crippen molar-refractivity contribution in [2.24, 2.45) is 0 Å². The predicted octanol–water partition coefficient (Wildman–Crippen LogP) is 3.76. The summed E-state index contributed by atoms with van der Waals surface area (Å²) in [5.41, 5.74) is 3.90. The molecule has 4 rings (SSSR count). The minimum Gasteiger partial charge on any atom is -0.296 e. The van der Waals surface area contributed by atoms with Crippen molar-refractivity contribution in [2.75, 3.05) is 5.32 Å². The molecule has 0 aliphatic heterocycles. The van der Waals surface area contributed by atoms with Gasteiger partial charge in [0, 0.05) is 6.20 Å². The fourth-order valence-electron chi connectivity index (χ4n) is 2.43. The fraction of sp³-hybridized carbons (Fsp3) is 0.0588. The van der Waals surface area contributed by atoms with Gasteiger partial charge in [-0.15, -0.1) is 21.5 Å². The van der Waals surface area contributed by atoms with Crippen LogP contribution in [0.15, 0.2) is 59.6 Å². The van der Waals surface area contributed by atoms with Gasteiger partial charge in [-0.25, -0.2) is 0 Å². The molecule has 3 heterocycles. The summed E-state index contributed by atoms with van der Waals surface area (Å²) in [6, 6.07) is 13.9. The Hall–Kier alpha value is -2.84. The molecule has 0 radical (unpaired) electrons. The van der Waals surface area contributed by atoms with E-state index in [4.69, 9.17) is 0 Å². The van der Waals surface area contributed by atoms with Crippen LogP contribution in [0, 0.1) is 0 Å². The van der Waals surface area contributed by atoms with Crippen LogP contribution in [-0.4, -0.2) is 25.9 Å². The van der Waals surface area contributed by atoms with Gasteiger partial charge in [0.2, 0.25) is 5.13 Å². The lowest BCUT2D eigenvalue weighted by Gasteiger charge is -2.00. The van der Waals surface area contributed by atoms with Crippen LogP contribution in [-0.2, 0) is 6.54 Å². The highest BCUT2D eigenvalue weighted by Gasteiger charge is 2.19. The Morgan fingerprint density at radius 3 is 2.72 bits per heavy atom. The molecule has 124 valence electrons. The molecule has 1 aromatic carbocycles. The van der Waals surface area contributed by atoms with E-state index in [9.17, 15) is 4.79 Å². The van der Waals surface area contributed by atoms with Crippen LogP contribution >= 0.6 is 22.7 Å². The number of carbonyl (C=O) groups is 1.